The van der Waals surface area contributed by atoms with E-state index in [4.69, 9.17) is 4.74 Å². The molecule has 2 aromatic heterocycles. The topological polar surface area (TPSA) is 64.4 Å². The first-order valence-corrected chi connectivity index (χ1v) is 12.1. The van der Waals surface area contributed by atoms with Gasteiger partial charge in [-0.25, -0.2) is 13.4 Å². The summed E-state index contributed by atoms with van der Waals surface area (Å²) in [5, 5.41) is 2.30. The first-order valence-electron chi connectivity index (χ1n) is 9.61. The third-order valence-electron chi connectivity index (χ3n) is 5.18. The molecule has 1 saturated carbocycles. The second kappa shape index (κ2) is 8.03. The predicted molar refractivity (Wildman–Crippen MR) is 105 cm³/mol. The minimum atomic E-state index is -3.35. The summed E-state index contributed by atoms with van der Waals surface area (Å²) in [4.78, 5) is 7.85. The van der Waals surface area contributed by atoms with E-state index in [-0.39, 0.29) is 17.0 Å². The molecule has 148 valence electrons. The SMILES string of the molecule is CN(Cc1cccs1)Cc1cnc(S(=O)(=O)CC2CC2)n1CC1CCCO1. The fourth-order valence-corrected chi connectivity index (χ4v) is 6.25. The van der Waals surface area contributed by atoms with Gasteiger partial charge in [0.05, 0.1) is 30.3 Å². The zero-order valence-corrected chi connectivity index (χ0v) is 17.3. The summed E-state index contributed by atoms with van der Waals surface area (Å²) >= 11 is 1.74. The monoisotopic (exact) mass is 409 g/mol. The average Bonchev–Trinajstić information content (AvgIpc) is 3.05. The van der Waals surface area contributed by atoms with E-state index in [1.54, 1.807) is 17.5 Å². The van der Waals surface area contributed by atoms with Crippen LogP contribution < -0.4 is 0 Å². The first kappa shape index (κ1) is 19.1. The molecule has 27 heavy (non-hydrogen) atoms. The Kier molecular flexibility index (Phi) is 5.68. The molecule has 0 aromatic carbocycles. The molecule has 1 atom stereocenters. The van der Waals surface area contributed by atoms with Gasteiger partial charge in [0.25, 0.3) is 0 Å². The zero-order valence-electron chi connectivity index (χ0n) is 15.7. The second-order valence-electron chi connectivity index (χ2n) is 7.75. The standard InChI is InChI=1S/C19H27N3O3S2/c1-21(13-18-5-3-9-26-18)11-16-10-20-19(27(23,24)14-15-6-7-15)22(16)12-17-4-2-8-25-17/h3,5,9-10,15,17H,2,4,6-8,11-14H2,1H3. The molecule has 2 aromatic rings. The molecule has 1 aliphatic carbocycles. The Balaban J connectivity index is 1.55. The van der Waals surface area contributed by atoms with E-state index in [0.717, 1.165) is 44.5 Å². The first-order chi connectivity index (χ1) is 13.0. The largest absolute Gasteiger partial charge is 0.376 e. The van der Waals surface area contributed by atoms with Crippen LogP contribution in [0.2, 0.25) is 0 Å². The quantitative estimate of drug-likeness (QED) is 0.637. The van der Waals surface area contributed by atoms with Crippen molar-refractivity contribution in [2.75, 3.05) is 19.4 Å². The lowest BCUT2D eigenvalue weighted by Gasteiger charge is -2.20. The normalized spacial score (nSPS) is 20.6. The van der Waals surface area contributed by atoms with Crippen LogP contribution in [0.15, 0.2) is 28.9 Å². The van der Waals surface area contributed by atoms with Crippen LogP contribution in [0.5, 0.6) is 0 Å². The van der Waals surface area contributed by atoms with Crippen LogP contribution in [0.4, 0.5) is 0 Å². The molecule has 1 unspecified atom stereocenters. The highest BCUT2D eigenvalue weighted by molar-refractivity contribution is 7.91. The van der Waals surface area contributed by atoms with Gasteiger partial charge in [-0.1, -0.05) is 6.07 Å². The van der Waals surface area contributed by atoms with Crippen molar-refractivity contribution in [3.8, 4) is 0 Å². The van der Waals surface area contributed by atoms with Gasteiger partial charge in [0, 0.05) is 24.6 Å². The van der Waals surface area contributed by atoms with Crippen LogP contribution in [0.25, 0.3) is 0 Å². The maximum atomic E-state index is 12.9. The molecule has 4 rings (SSSR count). The Morgan fingerprint density at radius 2 is 2.19 bits per heavy atom. The fraction of sp³-hybridized carbons (Fsp3) is 0.632. The van der Waals surface area contributed by atoms with Crippen LogP contribution in [-0.2, 0) is 34.2 Å². The van der Waals surface area contributed by atoms with Crippen molar-refractivity contribution in [2.24, 2.45) is 5.92 Å². The molecule has 2 aliphatic rings. The predicted octanol–water partition coefficient (Wildman–Crippen LogP) is 2.94. The van der Waals surface area contributed by atoms with E-state index in [1.165, 1.54) is 4.88 Å². The molecule has 2 fully saturated rings. The second-order valence-corrected chi connectivity index (χ2v) is 10.7. The van der Waals surface area contributed by atoms with Crippen molar-refractivity contribution in [3.05, 3.63) is 34.3 Å². The molecule has 8 heteroatoms. The van der Waals surface area contributed by atoms with Gasteiger partial charge >= 0.3 is 0 Å². The average molecular weight is 410 g/mol. The molecule has 3 heterocycles. The Morgan fingerprint density at radius 3 is 2.85 bits per heavy atom. The summed E-state index contributed by atoms with van der Waals surface area (Å²) < 4.78 is 33.5. The molecule has 0 amide bonds. The van der Waals surface area contributed by atoms with Crippen molar-refractivity contribution in [1.82, 2.24) is 14.5 Å². The summed E-state index contributed by atoms with van der Waals surface area (Å²) in [5.41, 5.74) is 0.943. The van der Waals surface area contributed by atoms with Crippen molar-refractivity contribution < 1.29 is 13.2 Å². The lowest BCUT2D eigenvalue weighted by atomic mass is 10.2. The smallest absolute Gasteiger partial charge is 0.227 e. The van der Waals surface area contributed by atoms with Crippen LogP contribution in [0.1, 0.15) is 36.3 Å². The number of imidazole rings is 1. The molecule has 6 nitrogen and oxygen atoms in total. The van der Waals surface area contributed by atoms with E-state index in [2.05, 4.69) is 34.4 Å². The van der Waals surface area contributed by atoms with Crippen LogP contribution in [-0.4, -0.2) is 48.4 Å². The maximum Gasteiger partial charge on any atom is 0.227 e. The number of hydrogen-bond acceptors (Lipinski definition) is 6. The van der Waals surface area contributed by atoms with Gasteiger partial charge in [-0.15, -0.1) is 11.3 Å². The maximum absolute atomic E-state index is 12.9. The number of aromatic nitrogens is 2. The molecule has 0 spiro atoms. The van der Waals surface area contributed by atoms with E-state index >= 15 is 0 Å². The Labute approximate surface area is 165 Å². The number of hydrogen-bond donors (Lipinski definition) is 0. The summed E-state index contributed by atoms with van der Waals surface area (Å²) in [5.74, 6) is 0.535. The third-order valence-corrected chi connectivity index (χ3v) is 7.83. The van der Waals surface area contributed by atoms with Gasteiger partial charge in [-0.2, -0.15) is 0 Å². The lowest BCUT2D eigenvalue weighted by molar-refractivity contribution is 0.0934. The lowest BCUT2D eigenvalue weighted by Crippen LogP contribution is -2.25. The van der Waals surface area contributed by atoms with Crippen molar-refractivity contribution >= 4 is 21.2 Å². The van der Waals surface area contributed by atoms with Crippen molar-refractivity contribution in [2.45, 2.75) is 56.6 Å². The van der Waals surface area contributed by atoms with Crippen molar-refractivity contribution in [3.63, 3.8) is 0 Å². The number of ether oxygens (including phenoxy) is 1. The molecular formula is C19H27N3O3S2. The number of sulfone groups is 1. The minimum absolute atomic E-state index is 0.0791. The van der Waals surface area contributed by atoms with Gasteiger partial charge < -0.3 is 9.30 Å². The Bertz CT molecular complexity index is 851. The van der Waals surface area contributed by atoms with Gasteiger partial charge in [0.15, 0.2) is 0 Å². The van der Waals surface area contributed by atoms with Gasteiger partial charge in [-0.05, 0) is 50.1 Å². The Hall–Kier alpha value is -1.22. The highest BCUT2D eigenvalue weighted by Crippen LogP contribution is 2.32. The molecule has 1 saturated heterocycles. The van der Waals surface area contributed by atoms with E-state index in [1.807, 2.05) is 4.57 Å². The fourth-order valence-electron chi connectivity index (χ4n) is 3.62. The summed E-state index contributed by atoms with van der Waals surface area (Å²) in [6, 6.07) is 4.18. The van der Waals surface area contributed by atoms with Crippen LogP contribution in [0.3, 0.4) is 0 Å². The number of nitrogens with zero attached hydrogens (tertiary/aromatic N) is 3. The van der Waals surface area contributed by atoms with Crippen LogP contribution >= 0.6 is 11.3 Å². The van der Waals surface area contributed by atoms with E-state index in [9.17, 15) is 8.42 Å². The number of rotatable bonds is 9. The van der Waals surface area contributed by atoms with Crippen LogP contribution in [0, 0.1) is 5.92 Å². The van der Waals surface area contributed by atoms with Gasteiger partial charge in [-0.3, -0.25) is 4.90 Å². The molecule has 0 radical (unpaired) electrons. The Morgan fingerprint density at radius 1 is 1.33 bits per heavy atom. The number of thiophene rings is 1. The van der Waals surface area contributed by atoms with Gasteiger partial charge in [0.1, 0.15) is 0 Å². The molecular weight excluding hydrogens is 382 g/mol. The molecule has 1 aliphatic heterocycles. The summed E-state index contributed by atoms with van der Waals surface area (Å²) in [6.07, 6.45) is 5.86. The van der Waals surface area contributed by atoms with Crippen molar-refractivity contribution in [1.29, 1.82) is 0 Å². The van der Waals surface area contributed by atoms with Gasteiger partial charge in [0.2, 0.25) is 15.0 Å². The molecule has 0 N–H and O–H groups in total. The zero-order chi connectivity index (χ0) is 18.9. The highest BCUT2D eigenvalue weighted by atomic mass is 32.2. The molecule has 0 bridgehead atoms. The highest BCUT2D eigenvalue weighted by Gasteiger charge is 2.33. The van der Waals surface area contributed by atoms with E-state index in [0.29, 0.717) is 19.0 Å². The minimum Gasteiger partial charge on any atom is -0.376 e. The summed E-state index contributed by atoms with van der Waals surface area (Å²) in [7, 11) is -1.30. The summed E-state index contributed by atoms with van der Waals surface area (Å²) in [6.45, 7) is 2.84. The van der Waals surface area contributed by atoms with E-state index < -0.39 is 9.84 Å². The third kappa shape index (κ3) is 4.80.